The molecule has 2 aromatic heterocycles. The molecule has 4 heterocycles. The number of benzene rings is 1. The van der Waals surface area contributed by atoms with E-state index in [-0.39, 0.29) is 47.0 Å². The number of halogens is 7. The molecule has 0 radical (unpaired) electrons. The Labute approximate surface area is 219 Å². The third-order valence-corrected chi connectivity index (χ3v) is 7.61. The van der Waals surface area contributed by atoms with Crippen LogP contribution in [0.4, 0.5) is 38.0 Å². The van der Waals surface area contributed by atoms with E-state index in [4.69, 9.17) is 11.6 Å². The van der Waals surface area contributed by atoms with Gasteiger partial charge in [0.15, 0.2) is 0 Å². The molecule has 0 unspecified atom stereocenters. The van der Waals surface area contributed by atoms with Gasteiger partial charge in [-0.05, 0) is 42.2 Å². The maximum absolute atomic E-state index is 13.8. The van der Waals surface area contributed by atoms with Crippen LogP contribution < -0.4 is 10.6 Å². The number of carbonyl (C=O) groups excluding carboxylic acids is 2. The summed E-state index contributed by atoms with van der Waals surface area (Å²) in [5, 5.41) is 5.48. The number of nitrogens with zero attached hydrogens (tertiary/aromatic N) is 3. The number of anilines is 2. The molecule has 3 aromatic rings. The second kappa shape index (κ2) is 9.42. The van der Waals surface area contributed by atoms with Crippen molar-refractivity contribution in [1.29, 1.82) is 0 Å². The van der Waals surface area contributed by atoms with E-state index >= 15 is 0 Å². The summed E-state index contributed by atoms with van der Waals surface area (Å²) in [6.07, 6.45) is -8.52. The molecule has 0 fully saturated rings. The average molecular weight is 576 g/mol. The van der Waals surface area contributed by atoms with Gasteiger partial charge in [0.2, 0.25) is 5.95 Å². The minimum atomic E-state index is -4.99. The SMILES string of the molecule is O=C1NCCc2sc(-c3nc(Nc4cc5c(cc4Cl)CN(C(=O)C(F)(F)F)CC5)ncc3C(F)(F)F)cc21. The summed E-state index contributed by atoms with van der Waals surface area (Å²) in [6.45, 7) is -0.0668. The molecule has 5 rings (SSSR count). The van der Waals surface area contributed by atoms with E-state index in [0.29, 0.717) is 45.6 Å². The van der Waals surface area contributed by atoms with Gasteiger partial charge in [0.05, 0.1) is 26.8 Å². The highest BCUT2D eigenvalue weighted by Crippen LogP contribution is 2.41. The molecule has 0 spiro atoms. The van der Waals surface area contributed by atoms with Crippen LogP contribution in [-0.4, -0.2) is 45.9 Å². The van der Waals surface area contributed by atoms with E-state index in [9.17, 15) is 35.9 Å². The lowest BCUT2D eigenvalue weighted by molar-refractivity contribution is -0.186. The van der Waals surface area contributed by atoms with Crippen molar-refractivity contribution in [1.82, 2.24) is 20.2 Å². The van der Waals surface area contributed by atoms with Gasteiger partial charge in [0, 0.05) is 30.7 Å². The molecule has 2 aliphatic rings. The number of amides is 2. The van der Waals surface area contributed by atoms with Crippen molar-refractivity contribution in [2.24, 2.45) is 0 Å². The van der Waals surface area contributed by atoms with Crippen LogP contribution in [0.25, 0.3) is 10.6 Å². The largest absolute Gasteiger partial charge is 0.471 e. The monoisotopic (exact) mass is 575 g/mol. The van der Waals surface area contributed by atoms with E-state index in [2.05, 4.69) is 20.6 Å². The molecule has 2 amide bonds. The Balaban J connectivity index is 1.46. The number of nitrogens with one attached hydrogen (secondary N) is 2. The summed E-state index contributed by atoms with van der Waals surface area (Å²) in [7, 11) is 0. The molecular formula is C23H16ClF6N5O2S. The second-order valence-corrected chi connectivity index (χ2v) is 10.2. The highest BCUT2D eigenvalue weighted by atomic mass is 35.5. The van der Waals surface area contributed by atoms with Crippen LogP contribution in [0.1, 0.15) is 31.9 Å². The number of aromatic nitrogens is 2. The molecule has 0 bridgehead atoms. The molecule has 2 aliphatic heterocycles. The van der Waals surface area contributed by atoms with Crippen LogP contribution in [0.5, 0.6) is 0 Å². The summed E-state index contributed by atoms with van der Waals surface area (Å²) < 4.78 is 79.7. The van der Waals surface area contributed by atoms with Crippen molar-refractivity contribution in [2.75, 3.05) is 18.4 Å². The Bertz CT molecular complexity index is 1460. The third kappa shape index (κ3) is 5.01. The quantitative estimate of drug-likeness (QED) is 0.411. The first-order valence-electron chi connectivity index (χ1n) is 11.1. The molecule has 1 aromatic carbocycles. The average Bonchev–Trinajstić information content (AvgIpc) is 3.28. The lowest BCUT2D eigenvalue weighted by atomic mass is 9.99. The Kier molecular flexibility index (Phi) is 6.50. The zero-order valence-electron chi connectivity index (χ0n) is 19.1. The standard InChI is InChI=1S/C23H16ClF6N5O2S/c24-14-5-11-9-35(20(37)23(28,29)30)4-2-10(11)6-15(14)33-21-32-8-13(22(25,26)27)18(34-21)17-7-12-16(38-17)1-3-31-19(12)36/h5-8H,1-4,9H2,(H,31,36)(H,32,33,34). The Morgan fingerprint density at radius 3 is 2.55 bits per heavy atom. The molecular weight excluding hydrogens is 560 g/mol. The summed E-state index contributed by atoms with van der Waals surface area (Å²) in [4.78, 5) is 33.1. The number of alkyl halides is 6. The summed E-state index contributed by atoms with van der Waals surface area (Å²) in [5.41, 5.74) is 0.0866. The van der Waals surface area contributed by atoms with Crippen LogP contribution in [0.15, 0.2) is 24.4 Å². The van der Waals surface area contributed by atoms with E-state index in [0.717, 1.165) is 11.3 Å². The summed E-state index contributed by atoms with van der Waals surface area (Å²) >= 11 is 7.35. The normalized spacial score (nSPS) is 15.6. The fourth-order valence-corrected chi connectivity index (χ4v) is 5.69. The van der Waals surface area contributed by atoms with Gasteiger partial charge in [-0.2, -0.15) is 26.3 Å². The molecule has 38 heavy (non-hydrogen) atoms. The molecule has 7 nitrogen and oxygen atoms in total. The maximum atomic E-state index is 13.8. The van der Waals surface area contributed by atoms with Crippen molar-refractivity contribution < 1.29 is 35.9 Å². The van der Waals surface area contributed by atoms with Gasteiger partial charge < -0.3 is 15.5 Å². The number of rotatable bonds is 3. The van der Waals surface area contributed by atoms with E-state index in [1.54, 1.807) is 6.07 Å². The maximum Gasteiger partial charge on any atom is 0.471 e. The van der Waals surface area contributed by atoms with E-state index < -0.39 is 29.5 Å². The number of fused-ring (bicyclic) bond motifs is 2. The Hall–Kier alpha value is -3.39. The summed E-state index contributed by atoms with van der Waals surface area (Å²) in [6, 6.07) is 4.31. The van der Waals surface area contributed by atoms with Crippen molar-refractivity contribution in [3.63, 3.8) is 0 Å². The van der Waals surface area contributed by atoms with E-state index in [1.807, 2.05) is 0 Å². The molecule has 15 heteroatoms. The van der Waals surface area contributed by atoms with Crippen LogP contribution in [-0.2, 0) is 30.4 Å². The highest BCUT2D eigenvalue weighted by molar-refractivity contribution is 7.15. The lowest BCUT2D eigenvalue weighted by Crippen LogP contribution is -2.43. The molecule has 0 atom stereocenters. The Morgan fingerprint density at radius 1 is 1.11 bits per heavy atom. The van der Waals surface area contributed by atoms with Crippen LogP contribution in [0.2, 0.25) is 5.02 Å². The van der Waals surface area contributed by atoms with Crippen LogP contribution >= 0.6 is 22.9 Å². The number of carbonyl (C=O) groups is 2. The minimum absolute atomic E-state index is 0.0540. The van der Waals surface area contributed by atoms with Gasteiger partial charge in [0.25, 0.3) is 5.91 Å². The van der Waals surface area contributed by atoms with Gasteiger partial charge in [-0.3, -0.25) is 9.59 Å². The Morgan fingerprint density at radius 2 is 1.87 bits per heavy atom. The molecule has 2 N–H and O–H groups in total. The number of hydrogen-bond acceptors (Lipinski definition) is 6. The smallest absolute Gasteiger partial charge is 0.352 e. The van der Waals surface area contributed by atoms with Crippen molar-refractivity contribution in [2.45, 2.75) is 31.7 Å². The molecule has 0 saturated heterocycles. The minimum Gasteiger partial charge on any atom is -0.352 e. The van der Waals surface area contributed by atoms with Gasteiger partial charge >= 0.3 is 18.3 Å². The predicted molar refractivity (Wildman–Crippen MR) is 126 cm³/mol. The third-order valence-electron chi connectivity index (χ3n) is 6.10. The first-order chi connectivity index (χ1) is 17.8. The fourth-order valence-electron chi connectivity index (χ4n) is 4.29. The van der Waals surface area contributed by atoms with Gasteiger partial charge in [-0.15, -0.1) is 11.3 Å². The first kappa shape index (κ1) is 26.2. The van der Waals surface area contributed by atoms with Crippen molar-refractivity contribution in [3.8, 4) is 10.6 Å². The van der Waals surface area contributed by atoms with Gasteiger partial charge in [0.1, 0.15) is 5.56 Å². The van der Waals surface area contributed by atoms with Crippen molar-refractivity contribution in [3.05, 3.63) is 56.5 Å². The zero-order chi connectivity index (χ0) is 27.4. The van der Waals surface area contributed by atoms with Crippen LogP contribution in [0.3, 0.4) is 0 Å². The molecule has 0 saturated carbocycles. The fraction of sp³-hybridized carbons (Fsp3) is 0.304. The summed E-state index contributed by atoms with van der Waals surface area (Å²) in [5.74, 6) is -2.51. The van der Waals surface area contributed by atoms with Gasteiger partial charge in [-0.25, -0.2) is 9.97 Å². The van der Waals surface area contributed by atoms with Crippen LogP contribution in [0, 0.1) is 0 Å². The number of hydrogen-bond donors (Lipinski definition) is 2. The number of thiophene rings is 1. The van der Waals surface area contributed by atoms with Crippen molar-refractivity contribution >= 4 is 46.4 Å². The van der Waals surface area contributed by atoms with E-state index in [1.165, 1.54) is 12.1 Å². The predicted octanol–water partition coefficient (Wildman–Crippen LogP) is 5.35. The first-order valence-corrected chi connectivity index (χ1v) is 12.3. The second-order valence-electron chi connectivity index (χ2n) is 8.61. The zero-order valence-corrected chi connectivity index (χ0v) is 20.6. The molecule has 200 valence electrons. The topological polar surface area (TPSA) is 87.2 Å². The van der Waals surface area contributed by atoms with Gasteiger partial charge in [-0.1, -0.05) is 11.6 Å². The highest BCUT2D eigenvalue weighted by Gasteiger charge is 2.43. The molecule has 0 aliphatic carbocycles. The lowest BCUT2D eigenvalue weighted by Gasteiger charge is -2.30.